The van der Waals surface area contributed by atoms with Crippen LogP contribution in [0.5, 0.6) is 5.75 Å². The van der Waals surface area contributed by atoms with Crippen molar-refractivity contribution in [3.63, 3.8) is 0 Å². The number of ether oxygens (including phenoxy) is 1. The van der Waals surface area contributed by atoms with Crippen molar-refractivity contribution in [1.82, 2.24) is 4.90 Å². The zero-order valence-electron chi connectivity index (χ0n) is 9.37. The van der Waals surface area contributed by atoms with Crippen LogP contribution in [0.1, 0.15) is 12.0 Å². The van der Waals surface area contributed by atoms with E-state index in [0.717, 1.165) is 0 Å². The van der Waals surface area contributed by atoms with Crippen LogP contribution in [0.2, 0.25) is 0 Å². The second-order valence-corrected chi connectivity index (χ2v) is 4.07. The van der Waals surface area contributed by atoms with E-state index in [0.29, 0.717) is 24.3 Å². The molecule has 4 heteroatoms. The predicted octanol–water partition coefficient (Wildman–Crippen LogP) is 1.74. The van der Waals surface area contributed by atoms with Gasteiger partial charge in [0.1, 0.15) is 11.6 Å². The lowest BCUT2D eigenvalue weighted by molar-refractivity contribution is -0.132. The molecule has 0 aromatic heterocycles. The molecule has 1 atom stereocenters. The summed E-state index contributed by atoms with van der Waals surface area (Å²) < 4.78 is 18.6. The lowest BCUT2D eigenvalue weighted by Gasteiger charge is -2.13. The van der Waals surface area contributed by atoms with Crippen molar-refractivity contribution in [2.45, 2.75) is 19.4 Å². The van der Waals surface area contributed by atoms with Gasteiger partial charge in [-0.15, -0.1) is 0 Å². The highest BCUT2D eigenvalue weighted by Crippen LogP contribution is 2.21. The standard InChI is InChI=1S/C12H14FNO2/c1-8-7-9(3-4-10(8)13)16-11-5-6-14(2)12(11)15/h3-4,7,11H,5-6H2,1-2H3. The summed E-state index contributed by atoms with van der Waals surface area (Å²) in [5.74, 6) is 0.275. The molecule has 3 nitrogen and oxygen atoms in total. The molecule has 2 rings (SSSR count). The van der Waals surface area contributed by atoms with Crippen LogP contribution < -0.4 is 4.74 Å². The maximum atomic E-state index is 13.0. The molecule has 1 aromatic carbocycles. The largest absolute Gasteiger partial charge is 0.481 e. The number of benzene rings is 1. The van der Waals surface area contributed by atoms with Crippen molar-refractivity contribution >= 4 is 5.91 Å². The highest BCUT2D eigenvalue weighted by molar-refractivity contribution is 5.83. The van der Waals surface area contributed by atoms with Crippen molar-refractivity contribution in [1.29, 1.82) is 0 Å². The quantitative estimate of drug-likeness (QED) is 0.764. The molecule has 16 heavy (non-hydrogen) atoms. The van der Waals surface area contributed by atoms with Gasteiger partial charge in [0.15, 0.2) is 6.10 Å². The van der Waals surface area contributed by atoms with Gasteiger partial charge in [0.25, 0.3) is 5.91 Å². The van der Waals surface area contributed by atoms with E-state index in [4.69, 9.17) is 4.74 Å². The Morgan fingerprint density at radius 1 is 1.50 bits per heavy atom. The molecular formula is C12H14FNO2. The molecule has 1 aromatic rings. The third-order valence-corrected chi connectivity index (χ3v) is 2.79. The first-order valence-corrected chi connectivity index (χ1v) is 5.25. The molecule has 0 radical (unpaired) electrons. The van der Waals surface area contributed by atoms with Crippen molar-refractivity contribution in [2.75, 3.05) is 13.6 Å². The van der Waals surface area contributed by atoms with Gasteiger partial charge in [0, 0.05) is 20.0 Å². The summed E-state index contributed by atoms with van der Waals surface area (Å²) in [6.45, 7) is 2.38. The lowest BCUT2D eigenvalue weighted by Crippen LogP contribution is -2.29. The van der Waals surface area contributed by atoms with E-state index in [1.54, 1.807) is 31.0 Å². The van der Waals surface area contributed by atoms with Crippen molar-refractivity contribution in [3.8, 4) is 5.75 Å². The number of likely N-dealkylation sites (N-methyl/N-ethyl adjacent to an activating group) is 1. The molecule has 1 unspecified atom stereocenters. The topological polar surface area (TPSA) is 29.5 Å². The van der Waals surface area contributed by atoms with Gasteiger partial charge in [-0.3, -0.25) is 4.79 Å². The Labute approximate surface area is 93.8 Å². The van der Waals surface area contributed by atoms with Crippen LogP contribution in [-0.2, 0) is 4.79 Å². The third kappa shape index (κ3) is 2.01. The van der Waals surface area contributed by atoms with E-state index in [-0.39, 0.29) is 11.7 Å². The van der Waals surface area contributed by atoms with E-state index >= 15 is 0 Å². The van der Waals surface area contributed by atoms with Gasteiger partial charge < -0.3 is 9.64 Å². The molecule has 0 aliphatic carbocycles. The summed E-state index contributed by atoms with van der Waals surface area (Å²) >= 11 is 0. The molecule has 1 fully saturated rings. The SMILES string of the molecule is Cc1cc(OC2CCN(C)C2=O)ccc1F. The molecule has 0 spiro atoms. The number of likely N-dealkylation sites (tertiary alicyclic amines) is 1. The summed E-state index contributed by atoms with van der Waals surface area (Å²) in [6, 6.07) is 4.52. The highest BCUT2D eigenvalue weighted by Gasteiger charge is 2.30. The summed E-state index contributed by atoms with van der Waals surface area (Å²) in [5, 5.41) is 0. The van der Waals surface area contributed by atoms with E-state index in [9.17, 15) is 9.18 Å². The maximum absolute atomic E-state index is 13.0. The molecule has 0 saturated carbocycles. The van der Waals surface area contributed by atoms with Crippen LogP contribution >= 0.6 is 0 Å². The monoisotopic (exact) mass is 223 g/mol. The molecule has 0 N–H and O–H groups in total. The zero-order chi connectivity index (χ0) is 11.7. The molecule has 1 amide bonds. The number of halogens is 1. The fourth-order valence-electron chi connectivity index (χ4n) is 1.75. The molecule has 86 valence electrons. The number of aryl methyl sites for hydroxylation is 1. The van der Waals surface area contributed by atoms with Gasteiger partial charge in [-0.2, -0.15) is 0 Å². The fourth-order valence-corrected chi connectivity index (χ4v) is 1.75. The number of hydrogen-bond acceptors (Lipinski definition) is 2. The minimum absolute atomic E-state index is 0.0121. The normalized spacial score (nSPS) is 20.3. The number of carbonyl (C=O) groups excluding carboxylic acids is 1. The third-order valence-electron chi connectivity index (χ3n) is 2.79. The van der Waals surface area contributed by atoms with Gasteiger partial charge in [0.05, 0.1) is 0 Å². The Kier molecular flexibility index (Phi) is 2.81. The fraction of sp³-hybridized carbons (Fsp3) is 0.417. The first kappa shape index (κ1) is 10.9. The number of rotatable bonds is 2. The minimum Gasteiger partial charge on any atom is -0.481 e. The number of carbonyl (C=O) groups is 1. The molecule has 1 aliphatic heterocycles. The smallest absolute Gasteiger partial charge is 0.263 e. The van der Waals surface area contributed by atoms with Gasteiger partial charge in [-0.1, -0.05) is 0 Å². The van der Waals surface area contributed by atoms with Crippen molar-refractivity contribution < 1.29 is 13.9 Å². The zero-order valence-corrected chi connectivity index (χ0v) is 9.37. The average molecular weight is 223 g/mol. The van der Waals surface area contributed by atoms with Crippen LogP contribution in [0.4, 0.5) is 4.39 Å². The lowest BCUT2D eigenvalue weighted by atomic mass is 10.2. The van der Waals surface area contributed by atoms with Crippen molar-refractivity contribution in [3.05, 3.63) is 29.6 Å². The Balaban J connectivity index is 2.10. The van der Waals surface area contributed by atoms with E-state index in [1.807, 2.05) is 0 Å². The molecule has 1 saturated heterocycles. The number of nitrogens with zero attached hydrogens (tertiary/aromatic N) is 1. The summed E-state index contributed by atoms with van der Waals surface area (Å²) in [6.07, 6.45) is 0.265. The predicted molar refractivity (Wildman–Crippen MR) is 57.8 cm³/mol. The van der Waals surface area contributed by atoms with Crippen LogP contribution in [-0.4, -0.2) is 30.5 Å². The molecule has 0 bridgehead atoms. The average Bonchev–Trinajstić information content (AvgIpc) is 2.55. The Morgan fingerprint density at radius 2 is 2.25 bits per heavy atom. The minimum atomic E-state index is -0.421. The first-order chi connectivity index (χ1) is 7.58. The van der Waals surface area contributed by atoms with Crippen molar-refractivity contribution in [2.24, 2.45) is 0 Å². The van der Waals surface area contributed by atoms with Gasteiger partial charge in [-0.05, 0) is 30.7 Å². The van der Waals surface area contributed by atoms with Gasteiger partial charge in [0.2, 0.25) is 0 Å². The van der Waals surface area contributed by atoms with Gasteiger partial charge in [-0.25, -0.2) is 4.39 Å². The number of amides is 1. The Morgan fingerprint density at radius 3 is 2.81 bits per heavy atom. The van der Waals surface area contributed by atoms with Crippen LogP contribution in [0.25, 0.3) is 0 Å². The van der Waals surface area contributed by atoms with Crippen LogP contribution in [0.15, 0.2) is 18.2 Å². The maximum Gasteiger partial charge on any atom is 0.263 e. The van der Waals surface area contributed by atoms with E-state index < -0.39 is 6.10 Å². The summed E-state index contributed by atoms with van der Waals surface area (Å²) in [5.41, 5.74) is 0.524. The number of hydrogen-bond donors (Lipinski definition) is 0. The first-order valence-electron chi connectivity index (χ1n) is 5.25. The molecular weight excluding hydrogens is 209 g/mol. The van der Waals surface area contributed by atoms with E-state index in [2.05, 4.69) is 0 Å². The highest BCUT2D eigenvalue weighted by atomic mass is 19.1. The second kappa shape index (κ2) is 4.12. The van der Waals surface area contributed by atoms with Crippen LogP contribution in [0.3, 0.4) is 0 Å². The molecule has 1 heterocycles. The Hall–Kier alpha value is -1.58. The summed E-state index contributed by atoms with van der Waals surface area (Å²) in [7, 11) is 1.75. The second-order valence-electron chi connectivity index (χ2n) is 4.07. The summed E-state index contributed by atoms with van der Waals surface area (Å²) in [4.78, 5) is 13.2. The molecule has 1 aliphatic rings. The Bertz CT molecular complexity index is 419. The van der Waals surface area contributed by atoms with E-state index in [1.165, 1.54) is 6.07 Å². The van der Waals surface area contributed by atoms with Crippen LogP contribution in [0, 0.1) is 12.7 Å². The van der Waals surface area contributed by atoms with Gasteiger partial charge >= 0.3 is 0 Å².